The third-order valence-corrected chi connectivity index (χ3v) is 6.79. The Bertz CT molecular complexity index is 713. The minimum absolute atomic E-state index is 0.0252. The van der Waals surface area contributed by atoms with Gasteiger partial charge >= 0.3 is 0 Å². The van der Waals surface area contributed by atoms with Crippen LogP contribution in [0.25, 0.3) is 0 Å². The van der Waals surface area contributed by atoms with E-state index < -0.39 is 14.6 Å². The number of aliphatic imine (C=N–C) groups is 1. The number of ether oxygens (including phenoxy) is 1. The Morgan fingerprint density at radius 2 is 1.96 bits per heavy atom. The van der Waals surface area contributed by atoms with Crippen molar-refractivity contribution in [3.63, 3.8) is 0 Å². The summed E-state index contributed by atoms with van der Waals surface area (Å²) >= 11 is 6.24. The Balaban J connectivity index is 2.60. The number of nitrogens with one attached hydrogen (secondary N) is 2. The van der Waals surface area contributed by atoms with Crippen molar-refractivity contribution < 1.29 is 13.2 Å². The van der Waals surface area contributed by atoms with Crippen molar-refractivity contribution in [2.24, 2.45) is 4.99 Å². The Morgan fingerprint density at radius 3 is 2.50 bits per heavy atom. The highest BCUT2D eigenvalue weighted by Gasteiger charge is 2.28. The van der Waals surface area contributed by atoms with Crippen LogP contribution >= 0.6 is 11.6 Å². The van der Waals surface area contributed by atoms with Crippen LogP contribution in [0.15, 0.2) is 23.2 Å². The maximum Gasteiger partial charge on any atom is 0.191 e. The number of rotatable bonds is 8. The van der Waals surface area contributed by atoms with Crippen molar-refractivity contribution in [1.29, 1.82) is 0 Å². The van der Waals surface area contributed by atoms with Crippen molar-refractivity contribution in [2.75, 3.05) is 32.5 Å². The van der Waals surface area contributed by atoms with E-state index in [9.17, 15) is 8.42 Å². The lowest BCUT2D eigenvalue weighted by Crippen LogP contribution is -2.39. The summed E-state index contributed by atoms with van der Waals surface area (Å²) < 4.78 is 28.7. The normalized spacial score (nSPS) is 12.8. The summed E-state index contributed by atoms with van der Waals surface area (Å²) in [6.45, 7) is 8.61. The maximum atomic E-state index is 12.1. The predicted octanol–water partition coefficient (Wildman–Crippen LogP) is 2.66. The number of sulfone groups is 1. The second-order valence-corrected chi connectivity index (χ2v) is 10.1. The van der Waals surface area contributed by atoms with E-state index in [0.717, 1.165) is 11.3 Å². The van der Waals surface area contributed by atoms with Gasteiger partial charge in [-0.15, -0.1) is 0 Å². The fraction of sp³-hybridized carbons (Fsp3) is 0.611. The average molecular weight is 404 g/mol. The summed E-state index contributed by atoms with van der Waals surface area (Å²) in [6.07, 6.45) is 0.716. The van der Waals surface area contributed by atoms with E-state index in [4.69, 9.17) is 16.3 Å². The van der Waals surface area contributed by atoms with Gasteiger partial charge in [0.1, 0.15) is 5.75 Å². The van der Waals surface area contributed by atoms with Crippen LogP contribution in [0.2, 0.25) is 5.02 Å². The smallest absolute Gasteiger partial charge is 0.191 e. The first kappa shape index (κ1) is 22.6. The lowest BCUT2D eigenvalue weighted by molar-refractivity contribution is 0.414. The van der Waals surface area contributed by atoms with E-state index in [-0.39, 0.29) is 12.3 Å². The summed E-state index contributed by atoms with van der Waals surface area (Å²) in [6, 6.07) is 5.59. The van der Waals surface area contributed by atoms with Crippen LogP contribution in [-0.2, 0) is 16.3 Å². The molecule has 0 fully saturated rings. The van der Waals surface area contributed by atoms with E-state index in [1.165, 1.54) is 0 Å². The molecule has 0 aliphatic heterocycles. The van der Waals surface area contributed by atoms with Crippen LogP contribution in [0.3, 0.4) is 0 Å². The molecule has 148 valence electrons. The van der Waals surface area contributed by atoms with Gasteiger partial charge in [-0.2, -0.15) is 0 Å². The highest BCUT2D eigenvalue weighted by atomic mass is 35.5. The van der Waals surface area contributed by atoms with Gasteiger partial charge < -0.3 is 15.4 Å². The molecule has 8 heteroatoms. The van der Waals surface area contributed by atoms with Gasteiger partial charge in [0.15, 0.2) is 15.8 Å². The van der Waals surface area contributed by atoms with Gasteiger partial charge in [-0.1, -0.05) is 17.7 Å². The largest absolute Gasteiger partial charge is 0.497 e. The van der Waals surface area contributed by atoms with Crippen molar-refractivity contribution >= 4 is 27.4 Å². The van der Waals surface area contributed by atoms with Crippen molar-refractivity contribution in [2.45, 2.75) is 38.9 Å². The first-order valence-electron chi connectivity index (χ1n) is 8.67. The third-order valence-electron chi connectivity index (χ3n) is 3.85. The Labute approximate surface area is 162 Å². The van der Waals surface area contributed by atoms with E-state index in [1.54, 1.807) is 33.9 Å². The van der Waals surface area contributed by atoms with Gasteiger partial charge in [0.05, 0.1) is 24.2 Å². The highest BCUT2D eigenvalue weighted by Crippen LogP contribution is 2.22. The van der Waals surface area contributed by atoms with Gasteiger partial charge in [0.2, 0.25) is 0 Å². The zero-order valence-corrected chi connectivity index (χ0v) is 17.8. The fourth-order valence-electron chi connectivity index (χ4n) is 2.10. The molecule has 1 aromatic carbocycles. The highest BCUT2D eigenvalue weighted by molar-refractivity contribution is 7.92. The summed E-state index contributed by atoms with van der Waals surface area (Å²) in [5, 5.41) is 6.98. The summed E-state index contributed by atoms with van der Waals surface area (Å²) in [4.78, 5) is 4.36. The van der Waals surface area contributed by atoms with Crippen LogP contribution in [0, 0.1) is 0 Å². The van der Waals surface area contributed by atoms with Gasteiger partial charge in [0.25, 0.3) is 0 Å². The molecule has 0 aliphatic rings. The number of benzene rings is 1. The lowest BCUT2D eigenvalue weighted by atomic mass is 10.1. The van der Waals surface area contributed by atoms with Gasteiger partial charge in [0, 0.05) is 18.1 Å². The molecule has 26 heavy (non-hydrogen) atoms. The molecule has 0 aromatic heterocycles. The molecule has 1 aromatic rings. The van der Waals surface area contributed by atoms with Crippen LogP contribution in [0.5, 0.6) is 5.75 Å². The number of hydrogen-bond donors (Lipinski definition) is 2. The molecule has 2 N–H and O–H groups in total. The SMILES string of the molecule is CCNC(=NCCS(=O)(=O)C(C)(C)C)NCCc1ccc(OC)cc1Cl. The molecule has 0 amide bonds. The zero-order chi connectivity index (χ0) is 19.8. The molecular formula is C18H30ClN3O3S. The van der Waals surface area contributed by atoms with Crippen LogP contribution in [0.4, 0.5) is 0 Å². The molecule has 0 spiro atoms. The van der Waals surface area contributed by atoms with Crippen LogP contribution in [-0.4, -0.2) is 51.6 Å². The number of hydrogen-bond acceptors (Lipinski definition) is 4. The Hall–Kier alpha value is -1.47. The summed E-state index contributed by atoms with van der Waals surface area (Å²) in [7, 11) is -1.57. The number of methoxy groups -OCH3 is 1. The maximum absolute atomic E-state index is 12.1. The molecule has 0 aliphatic carbocycles. The van der Waals surface area contributed by atoms with E-state index in [2.05, 4.69) is 15.6 Å². The van der Waals surface area contributed by atoms with E-state index >= 15 is 0 Å². The molecule has 1 rings (SSSR count). The molecule has 0 heterocycles. The minimum Gasteiger partial charge on any atom is -0.497 e. The zero-order valence-electron chi connectivity index (χ0n) is 16.2. The molecule has 0 saturated heterocycles. The first-order valence-corrected chi connectivity index (χ1v) is 10.7. The number of halogens is 1. The van der Waals surface area contributed by atoms with Crippen molar-refractivity contribution in [3.8, 4) is 5.75 Å². The quantitative estimate of drug-likeness (QED) is 0.515. The van der Waals surface area contributed by atoms with Gasteiger partial charge in [-0.05, 0) is 51.8 Å². The number of guanidine groups is 1. The molecule has 0 unspecified atom stereocenters. The third kappa shape index (κ3) is 7.03. The molecular weight excluding hydrogens is 374 g/mol. The fourth-order valence-corrected chi connectivity index (χ4v) is 3.31. The predicted molar refractivity (Wildman–Crippen MR) is 109 cm³/mol. The van der Waals surface area contributed by atoms with E-state index in [1.807, 2.05) is 19.1 Å². The molecule has 0 bridgehead atoms. The molecule has 6 nitrogen and oxygen atoms in total. The standard InChI is InChI=1S/C18H30ClN3O3S/c1-6-20-17(22-11-12-26(23,24)18(2,3)4)21-10-9-14-7-8-15(25-5)13-16(14)19/h7-8,13H,6,9-12H2,1-5H3,(H2,20,21,22). The van der Waals surface area contributed by atoms with Gasteiger partial charge in [-0.25, -0.2) is 8.42 Å². The summed E-state index contributed by atoms with van der Waals surface area (Å²) in [5.41, 5.74) is 1.01. The first-order chi connectivity index (χ1) is 12.1. The topological polar surface area (TPSA) is 79.8 Å². The van der Waals surface area contributed by atoms with Crippen molar-refractivity contribution in [3.05, 3.63) is 28.8 Å². The van der Waals surface area contributed by atoms with Crippen molar-refractivity contribution in [1.82, 2.24) is 10.6 Å². The second kappa shape index (κ2) is 10.0. The van der Waals surface area contributed by atoms with Crippen LogP contribution in [0.1, 0.15) is 33.3 Å². The average Bonchev–Trinajstić information content (AvgIpc) is 2.55. The molecule has 0 atom stereocenters. The molecule has 0 radical (unpaired) electrons. The summed E-state index contributed by atoms with van der Waals surface area (Å²) in [5.74, 6) is 1.35. The Morgan fingerprint density at radius 1 is 1.27 bits per heavy atom. The monoisotopic (exact) mass is 403 g/mol. The molecule has 0 saturated carbocycles. The Kier molecular flexibility index (Phi) is 8.70. The number of nitrogens with zero attached hydrogens (tertiary/aromatic N) is 1. The van der Waals surface area contributed by atoms with Crippen LogP contribution < -0.4 is 15.4 Å². The van der Waals surface area contributed by atoms with Gasteiger partial charge in [-0.3, -0.25) is 4.99 Å². The lowest BCUT2D eigenvalue weighted by Gasteiger charge is -2.18. The minimum atomic E-state index is -3.18. The second-order valence-electron chi connectivity index (χ2n) is 6.83. The van der Waals surface area contributed by atoms with E-state index in [0.29, 0.717) is 30.5 Å².